The molecule has 2 aromatic carbocycles. The van der Waals surface area contributed by atoms with Crippen molar-refractivity contribution in [3.8, 4) is 16.9 Å². The highest BCUT2D eigenvalue weighted by atomic mass is 19.3. The average Bonchev–Trinajstić information content (AvgIpc) is 2.88. The molecule has 0 bridgehead atoms. The van der Waals surface area contributed by atoms with E-state index in [1.165, 1.54) is 12.1 Å². The highest BCUT2D eigenvalue weighted by Gasteiger charge is 2.46. The van der Waals surface area contributed by atoms with E-state index in [-0.39, 0.29) is 29.7 Å². The first kappa shape index (κ1) is 29.4. The van der Waals surface area contributed by atoms with E-state index in [0.29, 0.717) is 50.2 Å². The molecule has 1 heterocycles. The lowest BCUT2D eigenvalue weighted by molar-refractivity contribution is -0.326. The predicted molar refractivity (Wildman–Crippen MR) is 131 cm³/mol. The fourth-order valence-corrected chi connectivity index (χ4v) is 5.47. The van der Waals surface area contributed by atoms with Gasteiger partial charge in [0.15, 0.2) is 23.6 Å². The van der Waals surface area contributed by atoms with E-state index in [1.807, 2.05) is 0 Å². The summed E-state index contributed by atoms with van der Waals surface area (Å²) in [6.45, 7) is 2.38. The molecule has 2 unspecified atom stereocenters. The van der Waals surface area contributed by atoms with Crippen molar-refractivity contribution < 1.29 is 44.9 Å². The summed E-state index contributed by atoms with van der Waals surface area (Å²) in [5, 5.41) is 0. The number of ether oxygens (including phenoxy) is 3. The second kappa shape index (κ2) is 12.7. The monoisotopic (exact) mass is 560 g/mol. The third kappa shape index (κ3) is 7.33. The summed E-state index contributed by atoms with van der Waals surface area (Å²) in [5.41, 5.74) is 0.431. The van der Waals surface area contributed by atoms with Gasteiger partial charge in [-0.05, 0) is 86.1 Å². The number of hydrogen-bond donors (Lipinski definition) is 0. The lowest BCUT2D eigenvalue weighted by Crippen LogP contribution is -2.45. The summed E-state index contributed by atoms with van der Waals surface area (Å²) in [7, 11) is 0. The molecule has 0 N–H and O–H groups in total. The van der Waals surface area contributed by atoms with Crippen LogP contribution >= 0.6 is 0 Å². The van der Waals surface area contributed by atoms with E-state index in [9.17, 15) is 30.7 Å². The summed E-state index contributed by atoms with van der Waals surface area (Å²) in [6, 6.07) is 5.86. The van der Waals surface area contributed by atoms with Gasteiger partial charge in [-0.15, -0.1) is 0 Å². The second-order valence-electron chi connectivity index (χ2n) is 10.2. The quantitative estimate of drug-likeness (QED) is 0.226. The van der Waals surface area contributed by atoms with Crippen molar-refractivity contribution in [1.82, 2.24) is 0 Å². The molecule has 39 heavy (non-hydrogen) atoms. The first-order chi connectivity index (χ1) is 18.6. The maximum absolute atomic E-state index is 15.0. The van der Waals surface area contributed by atoms with Gasteiger partial charge in [-0.3, -0.25) is 0 Å². The van der Waals surface area contributed by atoms with Crippen molar-refractivity contribution >= 4 is 0 Å². The third-order valence-corrected chi connectivity index (χ3v) is 7.48. The van der Waals surface area contributed by atoms with Crippen LogP contribution < -0.4 is 4.74 Å². The van der Waals surface area contributed by atoms with Gasteiger partial charge in [-0.2, -0.15) is 17.6 Å². The minimum absolute atomic E-state index is 0.0827. The maximum Gasteiger partial charge on any atom is 0.382 e. The molecule has 4 rings (SSSR count). The fraction of sp³-hybridized carbons (Fsp3) is 0.517. The molecule has 0 aromatic heterocycles. The van der Waals surface area contributed by atoms with Crippen LogP contribution in [0.1, 0.15) is 69.8 Å². The fourth-order valence-electron chi connectivity index (χ4n) is 5.47. The number of hydrogen-bond acceptors (Lipinski definition) is 3. The lowest BCUT2D eigenvalue weighted by Gasteiger charge is -2.37. The molecule has 2 atom stereocenters. The number of alkyl halides is 2. The summed E-state index contributed by atoms with van der Waals surface area (Å²) in [4.78, 5) is 0. The number of halogens is 7. The molecular weight excluding hydrogens is 529 g/mol. The Hall–Kier alpha value is -2.59. The summed E-state index contributed by atoms with van der Waals surface area (Å²) >= 11 is 0. The Kier molecular flexibility index (Phi) is 9.59. The molecule has 214 valence electrons. The van der Waals surface area contributed by atoms with Gasteiger partial charge < -0.3 is 14.2 Å². The molecule has 10 heteroatoms. The van der Waals surface area contributed by atoms with Gasteiger partial charge in [0.1, 0.15) is 11.9 Å². The van der Waals surface area contributed by atoms with Crippen molar-refractivity contribution in [2.24, 2.45) is 5.92 Å². The number of benzene rings is 2. The van der Waals surface area contributed by atoms with Gasteiger partial charge in [-0.25, -0.2) is 13.2 Å². The topological polar surface area (TPSA) is 27.7 Å². The minimum atomic E-state index is -3.37. The van der Waals surface area contributed by atoms with E-state index < -0.39 is 47.6 Å². The summed E-state index contributed by atoms with van der Waals surface area (Å²) in [5.74, 6) is -4.05. The van der Waals surface area contributed by atoms with Gasteiger partial charge in [0.2, 0.25) is 0 Å². The zero-order valence-electron chi connectivity index (χ0n) is 21.5. The second-order valence-corrected chi connectivity index (χ2v) is 10.2. The zero-order valence-corrected chi connectivity index (χ0v) is 21.5. The Balaban J connectivity index is 1.35. The average molecular weight is 561 g/mol. The molecule has 1 aliphatic heterocycles. The Morgan fingerprint density at radius 1 is 0.949 bits per heavy atom. The van der Waals surface area contributed by atoms with E-state index in [2.05, 4.69) is 11.7 Å². The Morgan fingerprint density at radius 3 is 2.21 bits per heavy atom. The van der Waals surface area contributed by atoms with Crippen LogP contribution in [-0.2, 0) is 9.47 Å². The van der Waals surface area contributed by atoms with Crippen LogP contribution in [0.15, 0.2) is 42.7 Å². The minimum Gasteiger partial charge on any atom is -0.453 e. The first-order valence-corrected chi connectivity index (χ1v) is 13.2. The van der Waals surface area contributed by atoms with Gasteiger partial charge in [0.05, 0.1) is 12.7 Å². The molecule has 0 spiro atoms. The molecule has 1 aliphatic carbocycles. The lowest BCUT2D eigenvalue weighted by atomic mass is 9.82. The highest BCUT2D eigenvalue weighted by Crippen LogP contribution is 2.40. The molecule has 2 aliphatic rings. The van der Waals surface area contributed by atoms with Crippen molar-refractivity contribution in [2.45, 2.75) is 82.5 Å². The van der Waals surface area contributed by atoms with Gasteiger partial charge >= 0.3 is 12.2 Å². The zero-order chi connectivity index (χ0) is 28.2. The van der Waals surface area contributed by atoms with Gasteiger partial charge in [0, 0.05) is 5.56 Å². The van der Waals surface area contributed by atoms with E-state index in [4.69, 9.17) is 9.47 Å². The largest absolute Gasteiger partial charge is 0.453 e. The maximum atomic E-state index is 15.0. The van der Waals surface area contributed by atoms with Crippen LogP contribution in [0, 0.1) is 23.4 Å². The molecular formula is C29H31F7O3. The van der Waals surface area contributed by atoms with Crippen LogP contribution in [-0.4, -0.2) is 24.9 Å². The molecule has 2 aromatic rings. The molecule has 1 saturated heterocycles. The standard InChI is InChI=1S/C29H31F7O3/c1-2-3-17-4-11-26(37-15-17)29(35,36)39-21-8-5-18(6-9-21)19-7-10-22(23(30)12-19)20-13-24(31)28(25(32)14-20)38-16-27(33)34/h7,10,12-14,16-18,21,26H,2-6,8-9,11,15H2,1H3. The van der Waals surface area contributed by atoms with Crippen LogP contribution in [0.2, 0.25) is 0 Å². The van der Waals surface area contributed by atoms with Crippen molar-refractivity contribution in [2.75, 3.05) is 6.61 Å². The first-order valence-electron chi connectivity index (χ1n) is 13.2. The van der Waals surface area contributed by atoms with Gasteiger partial charge in [-0.1, -0.05) is 25.5 Å². The Bertz CT molecular complexity index is 1130. The van der Waals surface area contributed by atoms with Gasteiger partial charge in [0.25, 0.3) is 0 Å². The number of rotatable bonds is 9. The van der Waals surface area contributed by atoms with Crippen LogP contribution in [0.25, 0.3) is 11.1 Å². The SMILES string of the molecule is CCCC1CCC(C(F)(F)OC2CCC(c3ccc(-c4cc(F)c(OC=C(F)F)c(F)c4)c(F)c3)CC2)OC1. The molecule has 2 fully saturated rings. The predicted octanol–water partition coefficient (Wildman–Crippen LogP) is 9.12. The van der Waals surface area contributed by atoms with Crippen molar-refractivity contribution in [1.29, 1.82) is 0 Å². The van der Waals surface area contributed by atoms with Crippen molar-refractivity contribution in [3.63, 3.8) is 0 Å². The Morgan fingerprint density at radius 2 is 1.64 bits per heavy atom. The van der Waals surface area contributed by atoms with Crippen LogP contribution in [0.3, 0.4) is 0 Å². The van der Waals surface area contributed by atoms with E-state index in [1.54, 1.807) is 6.07 Å². The summed E-state index contributed by atoms with van der Waals surface area (Å²) in [6.07, 6.45) is -2.94. The Labute approximate surface area is 222 Å². The molecule has 0 radical (unpaired) electrons. The molecule has 1 saturated carbocycles. The van der Waals surface area contributed by atoms with E-state index >= 15 is 0 Å². The molecule has 0 amide bonds. The third-order valence-electron chi connectivity index (χ3n) is 7.48. The van der Waals surface area contributed by atoms with Crippen LogP contribution in [0.4, 0.5) is 30.7 Å². The van der Waals surface area contributed by atoms with E-state index in [0.717, 1.165) is 25.0 Å². The van der Waals surface area contributed by atoms with Crippen LogP contribution in [0.5, 0.6) is 5.75 Å². The smallest absolute Gasteiger partial charge is 0.382 e. The highest BCUT2D eigenvalue weighted by molar-refractivity contribution is 5.66. The van der Waals surface area contributed by atoms with Crippen molar-refractivity contribution in [3.05, 3.63) is 65.7 Å². The molecule has 3 nitrogen and oxygen atoms in total. The normalized spacial score (nSPS) is 23.9. The summed E-state index contributed by atoms with van der Waals surface area (Å²) < 4.78 is 112.